The first-order valence-electron chi connectivity index (χ1n) is 7.39. The minimum Gasteiger partial charge on any atom is -0.493 e. The van der Waals surface area contributed by atoms with Gasteiger partial charge < -0.3 is 9.72 Å². The Bertz CT molecular complexity index is 662. The number of aromatic nitrogens is 1. The monoisotopic (exact) mass is 339 g/mol. The molecule has 1 N–H and O–H groups in total. The van der Waals surface area contributed by atoms with E-state index in [9.17, 15) is 4.79 Å². The van der Waals surface area contributed by atoms with Gasteiger partial charge in [-0.15, -0.1) is 0 Å². The molecule has 0 spiro atoms. The quantitative estimate of drug-likeness (QED) is 0.733. The molecular formula is C17H19Cl2NO2. The zero-order valence-corrected chi connectivity index (χ0v) is 14.0. The summed E-state index contributed by atoms with van der Waals surface area (Å²) in [5.41, 5.74) is 1.11. The summed E-state index contributed by atoms with van der Waals surface area (Å²) in [5.74, 6) is 0.593. The van der Waals surface area contributed by atoms with Crippen LogP contribution in [0.2, 0.25) is 10.0 Å². The molecule has 0 saturated heterocycles. The first kappa shape index (κ1) is 16.9. The average Bonchev–Trinajstić information content (AvgIpc) is 2.49. The lowest BCUT2D eigenvalue weighted by atomic mass is 10.1. The number of nitrogens with one attached hydrogen (secondary N) is 1. The van der Waals surface area contributed by atoms with E-state index < -0.39 is 0 Å². The number of aromatic amines is 1. The van der Waals surface area contributed by atoms with E-state index in [2.05, 4.69) is 11.9 Å². The highest BCUT2D eigenvalue weighted by Gasteiger charge is 2.13. The van der Waals surface area contributed by atoms with Crippen molar-refractivity contribution in [3.8, 4) is 5.75 Å². The molecule has 0 aliphatic rings. The van der Waals surface area contributed by atoms with Crippen LogP contribution in [-0.2, 0) is 6.42 Å². The lowest BCUT2D eigenvalue weighted by molar-refractivity contribution is 0.303. The molecule has 1 aromatic heterocycles. The van der Waals surface area contributed by atoms with Gasteiger partial charge in [0.2, 0.25) is 0 Å². The fourth-order valence-corrected chi connectivity index (χ4v) is 2.74. The molecule has 22 heavy (non-hydrogen) atoms. The van der Waals surface area contributed by atoms with Gasteiger partial charge in [0.1, 0.15) is 5.75 Å². The molecule has 5 heteroatoms. The third-order valence-corrected chi connectivity index (χ3v) is 4.15. The van der Waals surface area contributed by atoms with Gasteiger partial charge in [-0.05, 0) is 30.2 Å². The summed E-state index contributed by atoms with van der Waals surface area (Å²) in [6.07, 6.45) is 5.14. The summed E-state index contributed by atoms with van der Waals surface area (Å²) in [7, 11) is 0. The van der Waals surface area contributed by atoms with Crippen molar-refractivity contribution in [3.63, 3.8) is 0 Å². The third-order valence-electron chi connectivity index (χ3n) is 3.44. The topological polar surface area (TPSA) is 42.1 Å². The lowest BCUT2D eigenvalue weighted by Crippen LogP contribution is -2.15. The van der Waals surface area contributed by atoms with Crippen LogP contribution in [0, 0.1) is 0 Å². The second kappa shape index (κ2) is 8.25. The number of ether oxygens (including phenoxy) is 1. The number of hydrogen-bond acceptors (Lipinski definition) is 2. The molecule has 1 heterocycles. The van der Waals surface area contributed by atoms with Crippen molar-refractivity contribution < 1.29 is 4.74 Å². The molecule has 1 aromatic carbocycles. The van der Waals surface area contributed by atoms with E-state index in [0.717, 1.165) is 24.8 Å². The smallest absolute Gasteiger partial charge is 0.255 e. The molecule has 118 valence electrons. The Morgan fingerprint density at radius 3 is 2.50 bits per heavy atom. The van der Waals surface area contributed by atoms with Gasteiger partial charge in [0.05, 0.1) is 12.2 Å². The molecule has 0 bridgehead atoms. The Morgan fingerprint density at radius 2 is 1.82 bits per heavy atom. The fourth-order valence-electron chi connectivity index (χ4n) is 2.21. The van der Waals surface area contributed by atoms with Gasteiger partial charge in [-0.3, -0.25) is 4.79 Å². The second-order valence-electron chi connectivity index (χ2n) is 5.08. The molecule has 2 aromatic rings. The summed E-state index contributed by atoms with van der Waals surface area (Å²) in [5, 5.41) is 1.10. The number of pyridine rings is 1. The maximum absolute atomic E-state index is 12.1. The Hall–Kier alpha value is -1.45. The molecule has 2 rings (SSSR count). The van der Waals surface area contributed by atoms with Crippen LogP contribution < -0.4 is 10.3 Å². The van der Waals surface area contributed by atoms with Gasteiger partial charge in [0.15, 0.2) is 0 Å². The first-order valence-corrected chi connectivity index (χ1v) is 8.15. The highest BCUT2D eigenvalue weighted by molar-refractivity contribution is 6.36. The summed E-state index contributed by atoms with van der Waals surface area (Å²) < 4.78 is 5.77. The Morgan fingerprint density at radius 1 is 1.09 bits per heavy atom. The maximum Gasteiger partial charge on any atom is 0.255 e. The Labute approximate surface area is 140 Å². The minimum atomic E-state index is -0.177. The number of H-pyrrole nitrogens is 1. The normalized spacial score (nSPS) is 10.7. The number of benzene rings is 1. The van der Waals surface area contributed by atoms with Gasteiger partial charge in [-0.2, -0.15) is 0 Å². The van der Waals surface area contributed by atoms with Crippen LogP contribution >= 0.6 is 23.2 Å². The van der Waals surface area contributed by atoms with Crippen LogP contribution in [0.4, 0.5) is 0 Å². The number of hydrogen-bond donors (Lipinski definition) is 1. The van der Waals surface area contributed by atoms with Crippen molar-refractivity contribution in [2.24, 2.45) is 0 Å². The zero-order valence-electron chi connectivity index (χ0n) is 12.5. The van der Waals surface area contributed by atoms with Gasteiger partial charge in [-0.25, -0.2) is 0 Å². The van der Waals surface area contributed by atoms with Crippen molar-refractivity contribution in [1.29, 1.82) is 0 Å². The van der Waals surface area contributed by atoms with Crippen molar-refractivity contribution in [3.05, 3.63) is 62.0 Å². The average molecular weight is 340 g/mol. The molecule has 3 nitrogen and oxygen atoms in total. The zero-order chi connectivity index (χ0) is 15.9. The van der Waals surface area contributed by atoms with Gasteiger partial charge in [0.25, 0.3) is 5.56 Å². The Balaban J connectivity index is 2.24. The molecule has 0 fully saturated rings. The van der Waals surface area contributed by atoms with Crippen molar-refractivity contribution in [2.45, 2.75) is 32.6 Å². The van der Waals surface area contributed by atoms with Crippen LogP contribution in [0.5, 0.6) is 5.75 Å². The van der Waals surface area contributed by atoms with E-state index in [1.807, 2.05) is 0 Å². The van der Waals surface area contributed by atoms with Crippen LogP contribution in [0.25, 0.3) is 0 Å². The highest BCUT2D eigenvalue weighted by Crippen LogP contribution is 2.28. The van der Waals surface area contributed by atoms with Crippen LogP contribution in [-0.4, -0.2) is 11.6 Å². The Kier molecular flexibility index (Phi) is 6.34. The molecule has 0 amide bonds. The summed E-state index contributed by atoms with van der Waals surface area (Å²) >= 11 is 12.4. The van der Waals surface area contributed by atoms with E-state index in [4.69, 9.17) is 27.9 Å². The molecule has 0 saturated carbocycles. The van der Waals surface area contributed by atoms with Crippen LogP contribution in [0.15, 0.2) is 35.3 Å². The van der Waals surface area contributed by atoms with E-state index in [1.54, 1.807) is 30.5 Å². The van der Waals surface area contributed by atoms with Gasteiger partial charge >= 0.3 is 0 Å². The molecule has 0 unspecified atom stereocenters. The summed E-state index contributed by atoms with van der Waals surface area (Å²) in [6.45, 7) is 2.73. The minimum absolute atomic E-state index is 0.177. The third kappa shape index (κ3) is 4.28. The predicted molar refractivity (Wildman–Crippen MR) is 91.4 cm³/mol. The largest absolute Gasteiger partial charge is 0.493 e. The van der Waals surface area contributed by atoms with Gasteiger partial charge in [-0.1, -0.05) is 49.0 Å². The van der Waals surface area contributed by atoms with Crippen molar-refractivity contribution in [1.82, 2.24) is 4.98 Å². The number of halogens is 2. The summed E-state index contributed by atoms with van der Waals surface area (Å²) in [4.78, 5) is 14.8. The van der Waals surface area contributed by atoms with Crippen LogP contribution in [0.3, 0.4) is 0 Å². The highest BCUT2D eigenvalue weighted by atomic mass is 35.5. The van der Waals surface area contributed by atoms with E-state index in [0.29, 0.717) is 34.4 Å². The van der Waals surface area contributed by atoms with E-state index in [1.165, 1.54) is 0 Å². The first-order chi connectivity index (χ1) is 10.6. The molecule has 0 aliphatic heterocycles. The van der Waals surface area contributed by atoms with Gasteiger partial charge in [0, 0.05) is 22.7 Å². The van der Waals surface area contributed by atoms with Crippen molar-refractivity contribution in [2.75, 3.05) is 6.61 Å². The number of rotatable bonds is 7. The van der Waals surface area contributed by atoms with Crippen molar-refractivity contribution >= 4 is 23.2 Å². The lowest BCUT2D eigenvalue weighted by Gasteiger charge is -2.12. The molecule has 0 aliphatic carbocycles. The predicted octanol–water partition coefficient (Wildman–Crippen LogP) is 4.84. The standard InChI is InChI=1S/C17H19Cl2NO2/c1-2-3-4-10-22-16-8-9-20-17(21)13(16)11-12-14(18)6-5-7-15(12)19/h5-9H,2-4,10-11H2,1H3,(H,20,21). The molecular weight excluding hydrogens is 321 g/mol. The fraction of sp³-hybridized carbons (Fsp3) is 0.353. The van der Waals surface area contributed by atoms with E-state index >= 15 is 0 Å². The molecule has 0 atom stereocenters. The second-order valence-corrected chi connectivity index (χ2v) is 5.90. The number of unbranched alkanes of at least 4 members (excludes halogenated alkanes) is 2. The van der Waals surface area contributed by atoms with E-state index in [-0.39, 0.29) is 5.56 Å². The SMILES string of the molecule is CCCCCOc1cc[nH]c(=O)c1Cc1c(Cl)cccc1Cl. The summed E-state index contributed by atoms with van der Waals surface area (Å²) in [6, 6.07) is 7.09. The molecule has 0 radical (unpaired) electrons. The van der Waals surface area contributed by atoms with Crippen LogP contribution in [0.1, 0.15) is 37.3 Å². The maximum atomic E-state index is 12.1.